The highest BCUT2D eigenvalue weighted by atomic mass is 16.7. The fourth-order valence-electron chi connectivity index (χ4n) is 14.8. The van der Waals surface area contributed by atoms with Crippen LogP contribution >= 0.6 is 0 Å². The van der Waals surface area contributed by atoms with E-state index in [1.807, 2.05) is 6.08 Å². The van der Waals surface area contributed by atoms with Crippen molar-refractivity contribution in [1.82, 2.24) is 5.32 Å². The Morgan fingerprint density at radius 3 is 0.980 bits per heavy atom. The molecule has 0 bridgehead atoms. The van der Waals surface area contributed by atoms with Crippen molar-refractivity contribution in [1.29, 1.82) is 0 Å². The van der Waals surface area contributed by atoms with Crippen LogP contribution in [0.15, 0.2) is 24.3 Å². The SMILES string of the molecule is CCCCCCCCCCCCCCCCCCCCCCCC/C=C/CC/C=C/C(O)C(COC1OC(CO)C(OC2OC(CO)C(O)C(O)C2O)C(O)C1O)NC(=O)CCCCCCCCCCCCCCCCCCCCCCCCCCCCCCCCCCCCCCCC. The number of unbranched alkanes of at least 4 members (excludes halogenated alkanes) is 60. The first-order valence-corrected chi connectivity index (χ1v) is 43.6. The molecule has 100 heavy (non-hydrogen) atoms. The minimum Gasteiger partial charge on any atom is -0.394 e. The van der Waals surface area contributed by atoms with Crippen LogP contribution in [-0.4, -0.2) is 140 Å². The number of aliphatic hydroxyl groups excluding tert-OH is 8. The molecule has 2 fully saturated rings. The Kier molecular flexibility index (Phi) is 66.6. The summed E-state index contributed by atoms with van der Waals surface area (Å²) in [6.07, 6.45) is 75.9. The van der Waals surface area contributed by atoms with E-state index in [4.69, 9.17) is 18.9 Å². The van der Waals surface area contributed by atoms with Crippen molar-refractivity contribution >= 4 is 5.91 Å². The molecule has 0 radical (unpaired) electrons. The van der Waals surface area contributed by atoms with E-state index in [-0.39, 0.29) is 18.9 Å². The molecule has 0 spiro atoms. The quantitative estimate of drug-likeness (QED) is 0.0204. The lowest BCUT2D eigenvalue weighted by Gasteiger charge is -2.46. The molecule has 2 aliphatic rings. The summed E-state index contributed by atoms with van der Waals surface area (Å²) in [7, 11) is 0. The predicted octanol–water partition coefficient (Wildman–Crippen LogP) is 20.6. The molecular formula is C86H165NO13. The Labute approximate surface area is 615 Å². The van der Waals surface area contributed by atoms with Crippen LogP contribution in [0.25, 0.3) is 0 Å². The number of amides is 1. The topological polar surface area (TPSA) is 228 Å². The maximum absolute atomic E-state index is 13.4. The first-order chi connectivity index (χ1) is 49.1. The van der Waals surface area contributed by atoms with Gasteiger partial charge < -0.3 is 65.1 Å². The summed E-state index contributed by atoms with van der Waals surface area (Å²) in [6.45, 7) is 2.86. The van der Waals surface area contributed by atoms with Gasteiger partial charge in [0.25, 0.3) is 0 Å². The van der Waals surface area contributed by atoms with Crippen LogP contribution in [0.1, 0.15) is 425 Å². The van der Waals surface area contributed by atoms with Gasteiger partial charge in [-0.25, -0.2) is 0 Å². The minimum atomic E-state index is -1.79. The number of allylic oxidation sites excluding steroid dienone is 3. The summed E-state index contributed by atoms with van der Waals surface area (Å²) < 4.78 is 22.9. The van der Waals surface area contributed by atoms with Gasteiger partial charge in [0.1, 0.15) is 48.8 Å². The van der Waals surface area contributed by atoms with Crippen LogP contribution < -0.4 is 5.32 Å². The van der Waals surface area contributed by atoms with Crippen LogP contribution in [0, 0.1) is 0 Å². The van der Waals surface area contributed by atoms with Gasteiger partial charge in [-0.1, -0.05) is 411 Å². The van der Waals surface area contributed by atoms with E-state index in [0.717, 1.165) is 32.1 Å². The lowest BCUT2D eigenvalue weighted by Crippen LogP contribution is -2.65. The van der Waals surface area contributed by atoms with Gasteiger partial charge in [0.2, 0.25) is 5.91 Å². The Morgan fingerprint density at radius 2 is 0.640 bits per heavy atom. The summed E-state index contributed by atoms with van der Waals surface area (Å²) >= 11 is 0. The molecule has 12 atom stereocenters. The van der Waals surface area contributed by atoms with Crippen molar-refractivity contribution in [2.75, 3.05) is 19.8 Å². The van der Waals surface area contributed by atoms with Crippen molar-refractivity contribution < 1.29 is 64.6 Å². The van der Waals surface area contributed by atoms with E-state index in [9.17, 15) is 45.6 Å². The second-order valence-corrected chi connectivity index (χ2v) is 31.0. The van der Waals surface area contributed by atoms with Gasteiger partial charge in [-0.15, -0.1) is 0 Å². The van der Waals surface area contributed by atoms with Crippen LogP contribution in [0.4, 0.5) is 0 Å². The van der Waals surface area contributed by atoms with Gasteiger partial charge in [0.05, 0.1) is 32.0 Å². The van der Waals surface area contributed by atoms with Gasteiger partial charge >= 0.3 is 0 Å². The molecule has 14 heteroatoms. The fourth-order valence-corrected chi connectivity index (χ4v) is 14.8. The molecule has 0 aromatic rings. The Morgan fingerprint density at radius 1 is 0.350 bits per heavy atom. The third kappa shape index (κ3) is 52.5. The highest BCUT2D eigenvalue weighted by Crippen LogP contribution is 2.31. The molecule has 0 aliphatic carbocycles. The zero-order valence-corrected chi connectivity index (χ0v) is 65.2. The number of rotatable bonds is 75. The monoisotopic (exact) mass is 1420 g/mol. The second-order valence-electron chi connectivity index (χ2n) is 31.0. The zero-order chi connectivity index (χ0) is 72.2. The molecule has 2 saturated heterocycles. The molecule has 12 unspecified atom stereocenters. The summed E-state index contributed by atoms with van der Waals surface area (Å²) in [5.74, 6) is -0.239. The number of hydrogen-bond acceptors (Lipinski definition) is 13. The first-order valence-electron chi connectivity index (χ1n) is 43.6. The number of carbonyl (C=O) groups is 1. The standard InChI is InChI=1S/C86H165NO13/c1-3-5-7-9-11-13-15-17-19-21-23-25-27-29-31-33-34-35-36-37-38-39-40-41-42-44-46-48-50-52-54-56-58-60-62-64-66-68-70-78(91)87-74(73-97-85-83(96)81(94)84(77(72-89)99-85)100-86-82(95)80(93)79(92)76(71-88)98-86)75(90)69-67-65-63-61-59-57-55-53-51-49-47-45-43-32-30-28-26-24-22-20-18-16-14-12-10-8-6-4-2/h59,61,67,69,74-77,79-86,88-90,92-96H,3-58,60,62-66,68,70-73H2,1-2H3,(H,87,91)/b61-59+,69-67+. The largest absolute Gasteiger partial charge is 0.394 e. The fraction of sp³-hybridized carbons (Fsp3) is 0.942. The number of aliphatic hydroxyl groups is 8. The van der Waals surface area contributed by atoms with Gasteiger partial charge in [-0.3, -0.25) is 4.79 Å². The molecule has 2 heterocycles. The van der Waals surface area contributed by atoms with E-state index in [2.05, 4.69) is 31.3 Å². The molecule has 1 amide bonds. The number of hydrogen-bond donors (Lipinski definition) is 9. The molecule has 2 rings (SSSR count). The Bertz CT molecular complexity index is 1770. The average Bonchev–Trinajstić information content (AvgIpc) is 0.791. The second kappa shape index (κ2) is 70.5. The maximum atomic E-state index is 13.4. The number of nitrogens with one attached hydrogen (secondary N) is 1. The number of carbonyl (C=O) groups excluding carboxylic acids is 1. The van der Waals surface area contributed by atoms with Crippen molar-refractivity contribution in [3.8, 4) is 0 Å². The van der Waals surface area contributed by atoms with Crippen LogP contribution in [0.2, 0.25) is 0 Å². The van der Waals surface area contributed by atoms with Crippen molar-refractivity contribution in [3.63, 3.8) is 0 Å². The molecular weight excluding hydrogens is 1250 g/mol. The Hall–Kier alpha value is -1.53. The molecule has 592 valence electrons. The smallest absolute Gasteiger partial charge is 0.220 e. The summed E-state index contributed by atoms with van der Waals surface area (Å²) in [4.78, 5) is 13.4. The molecule has 0 aromatic heterocycles. The predicted molar refractivity (Wildman–Crippen MR) is 415 cm³/mol. The Balaban J connectivity index is 1.57. The van der Waals surface area contributed by atoms with Crippen molar-refractivity contribution in [2.24, 2.45) is 0 Å². The highest BCUT2D eigenvalue weighted by molar-refractivity contribution is 5.76. The average molecular weight is 1420 g/mol. The van der Waals surface area contributed by atoms with Gasteiger partial charge in [-0.05, 0) is 32.1 Å². The van der Waals surface area contributed by atoms with Crippen LogP contribution in [0.3, 0.4) is 0 Å². The van der Waals surface area contributed by atoms with Crippen molar-refractivity contribution in [3.05, 3.63) is 24.3 Å². The third-order valence-electron chi connectivity index (χ3n) is 21.6. The molecule has 0 saturated carbocycles. The molecule has 9 N–H and O–H groups in total. The van der Waals surface area contributed by atoms with E-state index in [1.165, 1.54) is 360 Å². The summed E-state index contributed by atoms with van der Waals surface area (Å²) in [5, 5.41) is 87.7. The third-order valence-corrected chi connectivity index (χ3v) is 21.6. The number of ether oxygens (including phenoxy) is 4. The van der Waals surface area contributed by atoms with E-state index < -0.39 is 86.8 Å². The van der Waals surface area contributed by atoms with Crippen molar-refractivity contribution in [2.45, 2.75) is 498 Å². The maximum Gasteiger partial charge on any atom is 0.220 e. The minimum absolute atomic E-state index is 0.239. The van der Waals surface area contributed by atoms with Gasteiger partial charge in [0.15, 0.2) is 12.6 Å². The molecule has 2 aliphatic heterocycles. The lowest BCUT2D eigenvalue weighted by atomic mass is 9.97. The van der Waals surface area contributed by atoms with Crippen LogP contribution in [-0.2, 0) is 23.7 Å². The van der Waals surface area contributed by atoms with E-state index in [1.54, 1.807) is 6.08 Å². The highest BCUT2D eigenvalue weighted by Gasteiger charge is 2.51. The van der Waals surface area contributed by atoms with Gasteiger partial charge in [-0.2, -0.15) is 0 Å². The van der Waals surface area contributed by atoms with Gasteiger partial charge in [0, 0.05) is 6.42 Å². The van der Waals surface area contributed by atoms with E-state index >= 15 is 0 Å². The first kappa shape index (κ1) is 94.6. The van der Waals surface area contributed by atoms with Crippen LogP contribution in [0.5, 0.6) is 0 Å². The molecule has 0 aromatic carbocycles. The normalized spacial score (nSPS) is 21.9. The van der Waals surface area contributed by atoms with E-state index in [0.29, 0.717) is 12.8 Å². The molecule has 14 nitrogen and oxygen atoms in total. The summed E-state index contributed by atoms with van der Waals surface area (Å²) in [6, 6.07) is -0.931. The lowest BCUT2D eigenvalue weighted by molar-refractivity contribution is -0.359. The summed E-state index contributed by atoms with van der Waals surface area (Å²) in [5.41, 5.74) is 0. The zero-order valence-electron chi connectivity index (χ0n) is 65.2.